The van der Waals surface area contributed by atoms with Crippen LogP contribution in [0.25, 0.3) is 0 Å². The number of rotatable bonds is 8. The Kier molecular flexibility index (Phi) is 8.69. The number of carbonyl (C=O) groups excluding carboxylic acids is 1. The molecule has 2 aromatic rings. The Bertz CT molecular complexity index is 898. The van der Waals surface area contributed by atoms with E-state index in [1.807, 2.05) is 45.0 Å². The Hall–Kier alpha value is -2.64. The average molecular weight is 459 g/mol. The van der Waals surface area contributed by atoms with Crippen molar-refractivity contribution in [2.75, 3.05) is 26.3 Å². The molecular weight excluding hydrogens is 423 g/mol. The summed E-state index contributed by atoms with van der Waals surface area (Å²) in [5.74, 6) is 0.723. The van der Waals surface area contributed by atoms with Gasteiger partial charge in [-0.1, -0.05) is 30.3 Å². The van der Waals surface area contributed by atoms with Crippen molar-refractivity contribution in [1.82, 2.24) is 4.90 Å². The number of carbonyl (C=O) groups is 1. The lowest BCUT2D eigenvalue weighted by atomic mass is 9.86. The highest BCUT2D eigenvalue weighted by Gasteiger charge is 2.32. The third kappa shape index (κ3) is 7.72. The highest BCUT2D eigenvalue weighted by atomic mass is 19.1. The molecule has 0 bridgehead atoms. The van der Waals surface area contributed by atoms with Crippen LogP contribution in [-0.4, -0.2) is 48.9 Å². The van der Waals surface area contributed by atoms with E-state index < -0.39 is 5.60 Å². The molecule has 2 atom stereocenters. The first-order valence-electron chi connectivity index (χ1n) is 11.5. The Morgan fingerprint density at radius 2 is 1.85 bits per heavy atom. The first-order chi connectivity index (χ1) is 15.7. The number of hydrogen-bond donors (Lipinski definition) is 1. The lowest BCUT2D eigenvalue weighted by Gasteiger charge is -2.37. The molecule has 0 aliphatic carbocycles. The number of ether oxygens (including phenoxy) is 3. The maximum absolute atomic E-state index is 13.6. The van der Waals surface area contributed by atoms with Crippen molar-refractivity contribution in [3.63, 3.8) is 0 Å². The van der Waals surface area contributed by atoms with Crippen molar-refractivity contribution >= 4 is 6.09 Å². The highest BCUT2D eigenvalue weighted by molar-refractivity contribution is 5.68. The number of nitrogens with zero attached hydrogens (tertiary/aromatic N) is 1. The number of halogens is 1. The number of likely N-dealkylation sites (tertiary alicyclic amines) is 1. The fourth-order valence-corrected chi connectivity index (χ4v) is 3.85. The summed E-state index contributed by atoms with van der Waals surface area (Å²) in [7, 11) is 0. The summed E-state index contributed by atoms with van der Waals surface area (Å²) in [6, 6.07) is 14.4. The van der Waals surface area contributed by atoms with E-state index in [0.717, 1.165) is 17.7 Å². The number of hydrogen-bond acceptors (Lipinski definition) is 5. The van der Waals surface area contributed by atoms with Crippen LogP contribution >= 0.6 is 0 Å². The molecule has 1 aliphatic rings. The van der Waals surface area contributed by atoms with Gasteiger partial charge in [-0.05, 0) is 51.0 Å². The Balaban J connectivity index is 1.38. The smallest absolute Gasteiger partial charge is 0.410 e. The molecule has 0 spiro atoms. The second-order valence-electron chi connectivity index (χ2n) is 9.40. The van der Waals surface area contributed by atoms with E-state index in [2.05, 4.69) is 0 Å². The lowest BCUT2D eigenvalue weighted by molar-refractivity contribution is 0.0186. The Morgan fingerprint density at radius 1 is 1.12 bits per heavy atom. The van der Waals surface area contributed by atoms with Gasteiger partial charge in [0.15, 0.2) is 0 Å². The van der Waals surface area contributed by atoms with Crippen LogP contribution in [-0.2, 0) is 16.1 Å². The van der Waals surface area contributed by atoms with Gasteiger partial charge in [-0.2, -0.15) is 0 Å². The second-order valence-corrected chi connectivity index (χ2v) is 9.40. The fraction of sp³-hybridized carbons (Fsp3) is 0.500. The molecule has 0 aromatic heterocycles. The molecule has 1 heterocycles. The quantitative estimate of drug-likeness (QED) is 0.572. The minimum Gasteiger partial charge on any atom is -0.494 e. The lowest BCUT2D eigenvalue weighted by Crippen LogP contribution is -2.50. The van der Waals surface area contributed by atoms with Crippen molar-refractivity contribution in [1.29, 1.82) is 0 Å². The monoisotopic (exact) mass is 458 g/mol. The van der Waals surface area contributed by atoms with Crippen molar-refractivity contribution < 1.29 is 23.4 Å². The molecule has 33 heavy (non-hydrogen) atoms. The van der Waals surface area contributed by atoms with E-state index in [1.165, 1.54) is 6.07 Å². The molecule has 3 rings (SSSR count). The molecule has 0 radical (unpaired) electrons. The SMILES string of the molecule is CC(C)(C)OC(=O)N1CCC(c2ccc(OCCCOCc3ccccc3F)cc2)C(N)C1. The zero-order valence-electron chi connectivity index (χ0n) is 19.8. The third-order valence-corrected chi connectivity index (χ3v) is 5.54. The Labute approximate surface area is 195 Å². The molecule has 2 N–H and O–H groups in total. The van der Waals surface area contributed by atoms with E-state index in [9.17, 15) is 9.18 Å². The number of benzene rings is 2. The van der Waals surface area contributed by atoms with Crippen molar-refractivity contribution in [3.8, 4) is 5.75 Å². The van der Waals surface area contributed by atoms with Crippen LogP contribution in [0.15, 0.2) is 48.5 Å². The molecular formula is C26H35FN2O4. The van der Waals surface area contributed by atoms with Crippen LogP contribution in [0.2, 0.25) is 0 Å². The molecule has 1 aliphatic heterocycles. The highest BCUT2D eigenvalue weighted by Crippen LogP contribution is 2.29. The molecule has 7 heteroatoms. The van der Waals surface area contributed by atoms with Crippen LogP contribution in [0, 0.1) is 5.82 Å². The van der Waals surface area contributed by atoms with E-state index >= 15 is 0 Å². The summed E-state index contributed by atoms with van der Waals surface area (Å²) in [6.45, 7) is 7.96. The molecule has 1 fully saturated rings. The standard InChI is InChI=1S/C26H35FN2O4/c1-26(2,3)33-25(30)29-14-13-22(24(28)17-29)19-9-11-21(12-10-19)32-16-6-15-31-18-20-7-4-5-8-23(20)27/h4-5,7-12,22,24H,6,13-18,28H2,1-3H3. The van der Waals surface area contributed by atoms with Crippen molar-refractivity contribution in [2.24, 2.45) is 5.73 Å². The summed E-state index contributed by atoms with van der Waals surface area (Å²) in [4.78, 5) is 14.0. The van der Waals surface area contributed by atoms with Gasteiger partial charge in [0, 0.05) is 37.0 Å². The van der Waals surface area contributed by atoms with Gasteiger partial charge in [-0.25, -0.2) is 9.18 Å². The van der Waals surface area contributed by atoms with Crippen LogP contribution in [0.4, 0.5) is 9.18 Å². The van der Waals surface area contributed by atoms with E-state index in [4.69, 9.17) is 19.9 Å². The molecule has 6 nitrogen and oxygen atoms in total. The maximum Gasteiger partial charge on any atom is 0.410 e. The minimum absolute atomic E-state index is 0.148. The second kappa shape index (κ2) is 11.5. The molecule has 2 aromatic carbocycles. The van der Waals surface area contributed by atoms with Crippen LogP contribution < -0.4 is 10.5 Å². The van der Waals surface area contributed by atoms with Gasteiger partial charge in [0.2, 0.25) is 0 Å². The zero-order valence-corrected chi connectivity index (χ0v) is 19.8. The van der Waals surface area contributed by atoms with Gasteiger partial charge in [-0.3, -0.25) is 0 Å². The minimum atomic E-state index is -0.514. The van der Waals surface area contributed by atoms with Crippen LogP contribution in [0.1, 0.15) is 50.7 Å². The number of amides is 1. The molecule has 1 amide bonds. The average Bonchev–Trinajstić information content (AvgIpc) is 2.76. The molecule has 180 valence electrons. The number of nitrogens with two attached hydrogens (primary N) is 1. The van der Waals surface area contributed by atoms with Crippen molar-refractivity contribution in [2.45, 2.75) is 57.8 Å². The summed E-state index contributed by atoms with van der Waals surface area (Å²) >= 11 is 0. The Morgan fingerprint density at radius 3 is 2.52 bits per heavy atom. The normalized spacial score (nSPS) is 18.8. The van der Waals surface area contributed by atoms with Crippen LogP contribution in [0.3, 0.4) is 0 Å². The molecule has 1 saturated heterocycles. The predicted octanol–water partition coefficient (Wildman–Crippen LogP) is 4.86. The third-order valence-electron chi connectivity index (χ3n) is 5.54. The van der Waals surface area contributed by atoms with E-state index in [1.54, 1.807) is 23.1 Å². The van der Waals surface area contributed by atoms with Gasteiger partial charge >= 0.3 is 6.09 Å². The van der Waals surface area contributed by atoms with Gasteiger partial charge in [0.1, 0.15) is 17.2 Å². The first kappa shape index (κ1) is 25.0. The van der Waals surface area contributed by atoms with Gasteiger partial charge in [0.05, 0.1) is 19.8 Å². The zero-order chi connectivity index (χ0) is 23.8. The van der Waals surface area contributed by atoms with E-state index in [-0.39, 0.29) is 30.5 Å². The maximum atomic E-state index is 13.6. The predicted molar refractivity (Wildman–Crippen MR) is 126 cm³/mol. The summed E-state index contributed by atoms with van der Waals surface area (Å²) in [6.07, 6.45) is 1.20. The summed E-state index contributed by atoms with van der Waals surface area (Å²) < 4.78 is 30.3. The largest absolute Gasteiger partial charge is 0.494 e. The van der Waals surface area contributed by atoms with Gasteiger partial charge in [-0.15, -0.1) is 0 Å². The van der Waals surface area contributed by atoms with Crippen molar-refractivity contribution in [3.05, 3.63) is 65.5 Å². The molecule has 2 unspecified atom stereocenters. The summed E-state index contributed by atoms with van der Waals surface area (Å²) in [5, 5.41) is 0. The summed E-state index contributed by atoms with van der Waals surface area (Å²) in [5.41, 5.74) is 7.59. The van der Waals surface area contributed by atoms with Gasteiger partial charge < -0.3 is 24.8 Å². The first-order valence-corrected chi connectivity index (χ1v) is 11.5. The van der Waals surface area contributed by atoms with E-state index in [0.29, 0.717) is 38.3 Å². The van der Waals surface area contributed by atoms with Crippen LogP contribution in [0.5, 0.6) is 5.75 Å². The molecule has 0 saturated carbocycles. The topological polar surface area (TPSA) is 74.0 Å². The number of piperidine rings is 1. The fourth-order valence-electron chi connectivity index (χ4n) is 3.85. The van der Waals surface area contributed by atoms with Gasteiger partial charge in [0.25, 0.3) is 0 Å².